The molecule has 4 atom stereocenters. The van der Waals surface area contributed by atoms with Crippen molar-refractivity contribution in [3.05, 3.63) is 108 Å². The second-order valence-electron chi connectivity index (χ2n) is 12.4. The van der Waals surface area contributed by atoms with Crippen LogP contribution in [-0.2, 0) is 48.1 Å². The van der Waals surface area contributed by atoms with Gasteiger partial charge in [-0.15, -0.1) is 0 Å². The first-order valence-electron chi connectivity index (χ1n) is 15.2. The molecule has 7 heteroatoms. The van der Waals surface area contributed by atoms with Crippen molar-refractivity contribution in [3.63, 3.8) is 0 Å². The average Bonchev–Trinajstić information content (AvgIpc) is 3.21. The third kappa shape index (κ3) is 8.31. The molecular formula is C35H45BO6. The quantitative estimate of drug-likeness (QED) is 0.205. The molecule has 0 saturated carbocycles. The monoisotopic (exact) mass is 572 g/mol. The Morgan fingerprint density at radius 2 is 1.19 bits per heavy atom. The Hall–Kier alpha value is -2.52. The second-order valence-corrected chi connectivity index (χ2v) is 12.4. The Morgan fingerprint density at radius 1 is 0.690 bits per heavy atom. The molecule has 3 aromatic carbocycles. The highest BCUT2D eigenvalue weighted by atomic mass is 16.7. The minimum absolute atomic E-state index is 0.0355. The van der Waals surface area contributed by atoms with E-state index in [1.54, 1.807) is 0 Å². The lowest BCUT2D eigenvalue weighted by atomic mass is 9.80. The van der Waals surface area contributed by atoms with Crippen molar-refractivity contribution >= 4 is 7.12 Å². The summed E-state index contributed by atoms with van der Waals surface area (Å²) in [5, 5.41) is 0. The predicted molar refractivity (Wildman–Crippen MR) is 165 cm³/mol. The van der Waals surface area contributed by atoms with Crippen molar-refractivity contribution < 1.29 is 28.3 Å². The van der Waals surface area contributed by atoms with Crippen molar-refractivity contribution in [2.24, 2.45) is 0 Å². The minimum Gasteiger partial charge on any atom is -0.403 e. The molecule has 0 spiro atoms. The molecule has 224 valence electrons. The summed E-state index contributed by atoms with van der Waals surface area (Å²) >= 11 is 0. The summed E-state index contributed by atoms with van der Waals surface area (Å²) in [6.07, 6.45) is 1.51. The van der Waals surface area contributed by atoms with E-state index >= 15 is 0 Å². The van der Waals surface area contributed by atoms with Gasteiger partial charge >= 0.3 is 7.12 Å². The number of hydrogen-bond donors (Lipinski definition) is 0. The molecule has 2 aliphatic heterocycles. The van der Waals surface area contributed by atoms with Gasteiger partial charge in [-0.2, -0.15) is 0 Å². The minimum atomic E-state index is -0.351. The fraction of sp³-hybridized carbons (Fsp3) is 0.486. The van der Waals surface area contributed by atoms with Crippen LogP contribution >= 0.6 is 0 Å². The number of hydrogen-bond acceptors (Lipinski definition) is 6. The number of benzene rings is 3. The van der Waals surface area contributed by atoms with Crippen LogP contribution in [0.4, 0.5) is 0 Å². The van der Waals surface area contributed by atoms with E-state index < -0.39 is 0 Å². The lowest BCUT2D eigenvalue weighted by molar-refractivity contribution is -0.220. The van der Waals surface area contributed by atoms with Crippen molar-refractivity contribution in [1.29, 1.82) is 0 Å². The van der Waals surface area contributed by atoms with Crippen molar-refractivity contribution in [1.82, 2.24) is 0 Å². The van der Waals surface area contributed by atoms with Crippen LogP contribution in [0, 0.1) is 0 Å². The van der Waals surface area contributed by atoms with Gasteiger partial charge < -0.3 is 28.3 Å². The largest absolute Gasteiger partial charge is 0.457 e. The first-order chi connectivity index (χ1) is 20.3. The molecule has 0 aliphatic carbocycles. The summed E-state index contributed by atoms with van der Waals surface area (Å²) in [5.41, 5.74) is 2.68. The molecular weight excluding hydrogens is 527 g/mol. The molecule has 3 aromatic rings. The molecule has 0 aromatic heterocycles. The smallest absolute Gasteiger partial charge is 0.403 e. The third-order valence-electron chi connectivity index (χ3n) is 8.61. The molecule has 2 aliphatic rings. The zero-order chi connectivity index (χ0) is 29.4. The van der Waals surface area contributed by atoms with E-state index in [9.17, 15) is 0 Å². The van der Waals surface area contributed by atoms with E-state index in [0.717, 1.165) is 35.9 Å². The Kier molecular flexibility index (Phi) is 10.5. The molecule has 2 fully saturated rings. The Morgan fingerprint density at radius 3 is 1.74 bits per heavy atom. The molecule has 0 unspecified atom stereocenters. The van der Waals surface area contributed by atoms with Gasteiger partial charge in [0.2, 0.25) is 0 Å². The summed E-state index contributed by atoms with van der Waals surface area (Å²) in [6, 6.07) is 30.8. The zero-order valence-corrected chi connectivity index (χ0v) is 25.4. The number of ether oxygens (including phenoxy) is 4. The van der Waals surface area contributed by atoms with E-state index in [4.69, 9.17) is 28.3 Å². The van der Waals surface area contributed by atoms with Gasteiger partial charge in [0.1, 0.15) is 12.2 Å². The molecule has 0 bridgehead atoms. The maximum absolute atomic E-state index is 6.73. The van der Waals surface area contributed by atoms with Crippen LogP contribution in [0.15, 0.2) is 91.0 Å². The molecule has 2 heterocycles. The van der Waals surface area contributed by atoms with Gasteiger partial charge in [0, 0.05) is 6.42 Å². The average molecular weight is 573 g/mol. The predicted octanol–water partition coefficient (Wildman–Crippen LogP) is 7.01. The highest BCUT2D eigenvalue weighted by molar-refractivity contribution is 6.45. The van der Waals surface area contributed by atoms with Crippen LogP contribution < -0.4 is 0 Å². The zero-order valence-electron chi connectivity index (χ0n) is 25.4. The summed E-state index contributed by atoms with van der Waals surface area (Å²) in [5.74, 6) is 0. The van der Waals surface area contributed by atoms with Crippen molar-refractivity contribution in [3.8, 4) is 0 Å². The lowest BCUT2D eigenvalue weighted by Gasteiger charge is -2.41. The lowest BCUT2D eigenvalue weighted by Crippen LogP contribution is -2.52. The molecule has 0 amide bonds. The first kappa shape index (κ1) is 30.9. The third-order valence-corrected chi connectivity index (χ3v) is 8.61. The van der Waals surface area contributed by atoms with E-state index in [1.807, 2.05) is 54.6 Å². The molecule has 2 saturated heterocycles. The Balaban J connectivity index is 1.29. The van der Waals surface area contributed by atoms with Gasteiger partial charge in [-0.05, 0) is 57.1 Å². The summed E-state index contributed by atoms with van der Waals surface area (Å²) < 4.78 is 38.7. The van der Waals surface area contributed by atoms with E-state index in [0.29, 0.717) is 26.4 Å². The van der Waals surface area contributed by atoms with Gasteiger partial charge in [0.25, 0.3) is 0 Å². The fourth-order valence-corrected chi connectivity index (χ4v) is 5.53. The summed E-state index contributed by atoms with van der Waals surface area (Å²) in [4.78, 5) is 0. The summed E-state index contributed by atoms with van der Waals surface area (Å²) in [6.45, 7) is 10.3. The molecule has 5 rings (SSSR count). The number of rotatable bonds is 13. The van der Waals surface area contributed by atoms with Crippen molar-refractivity contribution in [2.75, 3.05) is 6.61 Å². The van der Waals surface area contributed by atoms with Crippen molar-refractivity contribution in [2.45, 2.75) is 102 Å². The Bertz CT molecular complexity index is 1190. The maximum atomic E-state index is 6.73. The van der Waals surface area contributed by atoms with Gasteiger partial charge in [-0.3, -0.25) is 0 Å². The van der Waals surface area contributed by atoms with E-state index in [1.165, 1.54) is 0 Å². The SMILES string of the molecule is CC1(C)OB(CC[C@@H]2C[C@@H](OCc3ccccc3)[C@H](OCc3ccccc3)[C@@H](COCc3ccccc3)O2)OC1(C)C. The van der Waals surface area contributed by atoms with Gasteiger partial charge in [0.05, 0.1) is 49.8 Å². The van der Waals surface area contributed by atoms with Gasteiger partial charge in [-0.25, -0.2) is 0 Å². The maximum Gasteiger partial charge on any atom is 0.457 e. The van der Waals surface area contributed by atoms with Gasteiger partial charge in [0.15, 0.2) is 0 Å². The molecule has 42 heavy (non-hydrogen) atoms. The molecule has 0 radical (unpaired) electrons. The highest BCUT2D eigenvalue weighted by Crippen LogP contribution is 2.39. The van der Waals surface area contributed by atoms with Gasteiger partial charge in [-0.1, -0.05) is 91.0 Å². The molecule has 6 nitrogen and oxygen atoms in total. The van der Waals surface area contributed by atoms with Crippen LogP contribution in [0.1, 0.15) is 57.2 Å². The Labute approximate surface area is 251 Å². The normalized spacial score (nSPS) is 25.0. The van der Waals surface area contributed by atoms with Crippen LogP contribution in [0.5, 0.6) is 0 Å². The van der Waals surface area contributed by atoms with Crippen LogP contribution in [0.3, 0.4) is 0 Å². The van der Waals surface area contributed by atoms with E-state index in [-0.39, 0.29) is 42.7 Å². The van der Waals surface area contributed by atoms with Crippen LogP contribution in [0.2, 0.25) is 6.32 Å². The van der Waals surface area contributed by atoms with E-state index in [2.05, 4.69) is 64.1 Å². The first-order valence-corrected chi connectivity index (χ1v) is 15.2. The second kappa shape index (κ2) is 14.3. The van der Waals surface area contributed by atoms with Crippen LogP contribution in [0.25, 0.3) is 0 Å². The fourth-order valence-electron chi connectivity index (χ4n) is 5.53. The highest BCUT2D eigenvalue weighted by Gasteiger charge is 2.51. The standard InChI is InChI=1S/C35H45BO6/c1-34(2)35(3,4)42-36(41-34)21-20-30-22-31(38-24-28-16-10-6-11-17-28)33(39-25-29-18-12-7-13-19-29)32(40-30)26-37-23-27-14-8-5-9-15-27/h5-19,30-33H,20-26H2,1-4H3/t30-,31-,32-,33+/m1/s1. The molecule has 0 N–H and O–H groups in total. The van der Waals surface area contributed by atoms with Crippen LogP contribution in [-0.4, -0.2) is 49.3 Å². The topological polar surface area (TPSA) is 55.4 Å². The summed E-state index contributed by atoms with van der Waals surface area (Å²) in [7, 11) is -0.262.